The lowest BCUT2D eigenvalue weighted by molar-refractivity contribution is 0.394. The lowest BCUT2D eigenvalue weighted by Crippen LogP contribution is -2.19. The summed E-state index contributed by atoms with van der Waals surface area (Å²) in [5.74, 6) is 3.52. The van der Waals surface area contributed by atoms with E-state index in [4.69, 9.17) is 13.9 Å². The number of aryl methyl sites for hydroxylation is 1. The fraction of sp³-hybridized carbons (Fsp3) is 0.375. The molecule has 0 aliphatic carbocycles. The highest BCUT2D eigenvalue weighted by Gasteiger charge is 2.17. The molecule has 1 N–H and O–H groups in total. The molecular weight excluding hydrogens is 286 g/mol. The van der Waals surface area contributed by atoms with E-state index in [1.807, 2.05) is 38.2 Å². The SMILES string of the molecule is CNC(CSc1ccoc1C)c1cc(OC)ccc1OC. The van der Waals surface area contributed by atoms with Crippen LogP contribution in [0.4, 0.5) is 0 Å². The number of ether oxygens (including phenoxy) is 2. The van der Waals surface area contributed by atoms with Gasteiger partial charge in [-0.2, -0.15) is 0 Å². The molecule has 4 nitrogen and oxygen atoms in total. The molecule has 21 heavy (non-hydrogen) atoms. The van der Waals surface area contributed by atoms with Crippen molar-refractivity contribution in [3.05, 3.63) is 41.9 Å². The zero-order valence-electron chi connectivity index (χ0n) is 12.8. The van der Waals surface area contributed by atoms with Crippen LogP contribution in [0.25, 0.3) is 0 Å². The van der Waals surface area contributed by atoms with Gasteiger partial charge in [0.1, 0.15) is 17.3 Å². The van der Waals surface area contributed by atoms with Crippen molar-refractivity contribution in [2.24, 2.45) is 0 Å². The standard InChI is InChI=1S/C16H21NO3S/c1-11-16(7-8-20-11)21-10-14(17-2)13-9-12(18-3)5-6-15(13)19-4/h5-9,14,17H,10H2,1-4H3. The molecule has 0 saturated heterocycles. The molecule has 0 saturated carbocycles. The van der Waals surface area contributed by atoms with Crippen molar-refractivity contribution in [2.45, 2.75) is 17.9 Å². The summed E-state index contributed by atoms with van der Waals surface area (Å²) in [6.45, 7) is 1.98. The molecule has 0 aliphatic rings. The third-order valence-corrected chi connectivity index (χ3v) is 4.61. The fourth-order valence-corrected chi connectivity index (χ4v) is 3.23. The van der Waals surface area contributed by atoms with E-state index in [9.17, 15) is 0 Å². The number of furan rings is 1. The molecule has 0 amide bonds. The van der Waals surface area contributed by atoms with Crippen LogP contribution < -0.4 is 14.8 Å². The van der Waals surface area contributed by atoms with Gasteiger partial charge in [0.05, 0.1) is 20.5 Å². The monoisotopic (exact) mass is 307 g/mol. The Bertz CT molecular complexity index is 583. The summed E-state index contributed by atoms with van der Waals surface area (Å²) in [5.41, 5.74) is 1.09. The molecule has 1 aromatic heterocycles. The number of thioether (sulfide) groups is 1. The molecule has 0 radical (unpaired) electrons. The van der Waals surface area contributed by atoms with Gasteiger partial charge in [-0.05, 0) is 38.2 Å². The maximum Gasteiger partial charge on any atom is 0.123 e. The van der Waals surface area contributed by atoms with E-state index in [-0.39, 0.29) is 6.04 Å². The Labute approximate surface area is 129 Å². The predicted octanol–water partition coefficient (Wildman–Crippen LogP) is 3.66. The molecule has 2 rings (SSSR count). The molecule has 5 heteroatoms. The van der Waals surface area contributed by atoms with E-state index in [1.165, 1.54) is 0 Å². The van der Waals surface area contributed by atoms with E-state index < -0.39 is 0 Å². The molecule has 0 spiro atoms. The maximum absolute atomic E-state index is 5.47. The molecule has 114 valence electrons. The second kappa shape index (κ2) is 7.43. The zero-order valence-corrected chi connectivity index (χ0v) is 13.6. The van der Waals surface area contributed by atoms with Crippen LogP contribution in [0.5, 0.6) is 11.5 Å². The Balaban J connectivity index is 2.18. The number of rotatable bonds is 7. The highest BCUT2D eigenvalue weighted by Crippen LogP contribution is 2.33. The van der Waals surface area contributed by atoms with Gasteiger partial charge in [-0.25, -0.2) is 0 Å². The van der Waals surface area contributed by atoms with Gasteiger partial charge in [0, 0.05) is 22.3 Å². The Kier molecular flexibility index (Phi) is 5.59. The second-order valence-corrected chi connectivity index (χ2v) is 5.66. The Morgan fingerprint density at radius 1 is 1.24 bits per heavy atom. The Morgan fingerprint density at radius 3 is 2.62 bits per heavy atom. The first-order valence-electron chi connectivity index (χ1n) is 6.75. The van der Waals surface area contributed by atoms with Crippen molar-refractivity contribution < 1.29 is 13.9 Å². The van der Waals surface area contributed by atoms with Crippen molar-refractivity contribution in [3.8, 4) is 11.5 Å². The Morgan fingerprint density at radius 2 is 2.05 bits per heavy atom. The van der Waals surface area contributed by atoms with Crippen LogP contribution in [-0.2, 0) is 0 Å². The second-order valence-electron chi connectivity index (χ2n) is 4.60. The first-order chi connectivity index (χ1) is 10.2. The number of hydrogen-bond donors (Lipinski definition) is 1. The van der Waals surface area contributed by atoms with Gasteiger partial charge in [-0.1, -0.05) is 0 Å². The summed E-state index contributed by atoms with van der Waals surface area (Å²) in [7, 11) is 5.31. The normalized spacial score (nSPS) is 12.2. The minimum atomic E-state index is 0.161. The maximum atomic E-state index is 5.47. The lowest BCUT2D eigenvalue weighted by Gasteiger charge is -2.19. The Hall–Kier alpha value is -1.59. The van der Waals surface area contributed by atoms with Crippen LogP contribution in [0.2, 0.25) is 0 Å². The van der Waals surface area contributed by atoms with Gasteiger partial charge < -0.3 is 19.2 Å². The zero-order chi connectivity index (χ0) is 15.2. The smallest absolute Gasteiger partial charge is 0.123 e. The average Bonchev–Trinajstić information content (AvgIpc) is 2.93. The van der Waals surface area contributed by atoms with Crippen molar-refractivity contribution in [1.29, 1.82) is 0 Å². The molecule has 0 bridgehead atoms. The van der Waals surface area contributed by atoms with E-state index in [0.29, 0.717) is 0 Å². The van der Waals surface area contributed by atoms with Crippen LogP contribution in [0, 0.1) is 6.92 Å². The van der Waals surface area contributed by atoms with Gasteiger partial charge in [-0.3, -0.25) is 0 Å². The minimum absolute atomic E-state index is 0.161. The summed E-state index contributed by atoms with van der Waals surface area (Å²) < 4.78 is 16.1. The molecule has 0 fully saturated rings. The van der Waals surface area contributed by atoms with Crippen LogP contribution in [-0.4, -0.2) is 27.0 Å². The van der Waals surface area contributed by atoms with E-state index in [2.05, 4.69) is 5.32 Å². The topological polar surface area (TPSA) is 43.6 Å². The van der Waals surface area contributed by atoms with Crippen LogP contribution in [0.15, 0.2) is 39.8 Å². The van der Waals surface area contributed by atoms with Gasteiger partial charge in [0.25, 0.3) is 0 Å². The highest BCUT2D eigenvalue weighted by molar-refractivity contribution is 7.99. The summed E-state index contributed by atoms with van der Waals surface area (Å²) in [4.78, 5) is 1.16. The van der Waals surface area contributed by atoms with Gasteiger partial charge in [0.2, 0.25) is 0 Å². The molecule has 1 unspecified atom stereocenters. The van der Waals surface area contributed by atoms with Crippen LogP contribution in [0.3, 0.4) is 0 Å². The third-order valence-electron chi connectivity index (χ3n) is 3.38. The largest absolute Gasteiger partial charge is 0.497 e. The van der Waals surface area contributed by atoms with Crippen molar-refractivity contribution in [3.63, 3.8) is 0 Å². The number of methoxy groups -OCH3 is 2. The first kappa shape index (κ1) is 15.8. The molecule has 1 atom stereocenters. The van der Waals surface area contributed by atoms with E-state index in [0.717, 1.165) is 33.5 Å². The quantitative estimate of drug-likeness (QED) is 0.791. The van der Waals surface area contributed by atoms with Gasteiger partial charge in [-0.15, -0.1) is 11.8 Å². The number of benzene rings is 1. The lowest BCUT2D eigenvalue weighted by atomic mass is 10.1. The molecule has 2 aromatic rings. The first-order valence-corrected chi connectivity index (χ1v) is 7.74. The summed E-state index contributed by atoms with van der Waals surface area (Å²) in [6.07, 6.45) is 1.72. The molecule has 1 heterocycles. The highest BCUT2D eigenvalue weighted by atomic mass is 32.2. The van der Waals surface area contributed by atoms with E-state index in [1.54, 1.807) is 32.2 Å². The summed E-state index contributed by atoms with van der Waals surface area (Å²) >= 11 is 1.76. The number of nitrogens with one attached hydrogen (secondary N) is 1. The fourth-order valence-electron chi connectivity index (χ4n) is 2.14. The van der Waals surface area contributed by atoms with Crippen LogP contribution >= 0.6 is 11.8 Å². The molecule has 1 aromatic carbocycles. The molecule has 0 aliphatic heterocycles. The predicted molar refractivity (Wildman–Crippen MR) is 85.5 cm³/mol. The van der Waals surface area contributed by atoms with Gasteiger partial charge >= 0.3 is 0 Å². The van der Waals surface area contributed by atoms with Gasteiger partial charge in [0.15, 0.2) is 0 Å². The molecular formula is C16H21NO3S. The summed E-state index contributed by atoms with van der Waals surface area (Å²) in [5, 5.41) is 3.34. The van der Waals surface area contributed by atoms with Crippen molar-refractivity contribution >= 4 is 11.8 Å². The average molecular weight is 307 g/mol. The number of hydrogen-bond acceptors (Lipinski definition) is 5. The minimum Gasteiger partial charge on any atom is -0.497 e. The van der Waals surface area contributed by atoms with Crippen LogP contribution in [0.1, 0.15) is 17.4 Å². The van der Waals surface area contributed by atoms with Crippen molar-refractivity contribution in [2.75, 3.05) is 27.0 Å². The van der Waals surface area contributed by atoms with E-state index >= 15 is 0 Å². The third kappa shape index (κ3) is 3.74. The summed E-state index contributed by atoms with van der Waals surface area (Å²) in [6, 6.07) is 8.02. The van der Waals surface area contributed by atoms with Crippen molar-refractivity contribution in [1.82, 2.24) is 5.32 Å².